The summed E-state index contributed by atoms with van der Waals surface area (Å²) < 4.78 is 11.4. The molecule has 0 bridgehead atoms. The number of thiophene rings is 1. The number of carbonyl (C=O) groups excluding carboxylic acids is 1. The second-order valence-electron chi connectivity index (χ2n) is 5.35. The summed E-state index contributed by atoms with van der Waals surface area (Å²) in [6, 6.07) is 9.17. The van der Waals surface area contributed by atoms with Crippen LogP contribution in [0.5, 0.6) is 11.5 Å². The second kappa shape index (κ2) is 6.68. The molecular formula is C16H17ClN2O3S. The lowest BCUT2D eigenvalue weighted by molar-refractivity contribution is 0.174. The van der Waals surface area contributed by atoms with E-state index < -0.39 is 0 Å². The zero-order valence-electron chi connectivity index (χ0n) is 12.8. The van der Waals surface area contributed by atoms with Crippen molar-refractivity contribution in [3.63, 3.8) is 0 Å². The van der Waals surface area contributed by atoms with Crippen molar-refractivity contribution in [2.45, 2.75) is 19.5 Å². The quantitative estimate of drug-likeness (QED) is 0.903. The number of nitrogens with one attached hydrogen (secondary N) is 1. The Bertz CT molecular complexity index is 719. The number of hydrogen-bond donors (Lipinski definition) is 1. The summed E-state index contributed by atoms with van der Waals surface area (Å²) in [5, 5.41) is 2.98. The number of fused-ring (bicyclic) bond motifs is 1. The molecule has 0 spiro atoms. The van der Waals surface area contributed by atoms with Gasteiger partial charge in [-0.25, -0.2) is 4.79 Å². The van der Waals surface area contributed by atoms with Crippen LogP contribution in [0.1, 0.15) is 23.4 Å². The van der Waals surface area contributed by atoms with Gasteiger partial charge in [0.1, 0.15) is 0 Å². The van der Waals surface area contributed by atoms with E-state index in [1.54, 1.807) is 11.9 Å². The molecule has 1 aromatic heterocycles. The van der Waals surface area contributed by atoms with Crippen molar-refractivity contribution in [2.75, 3.05) is 13.8 Å². The van der Waals surface area contributed by atoms with E-state index in [1.165, 1.54) is 11.3 Å². The number of halogens is 1. The first-order valence-corrected chi connectivity index (χ1v) is 8.38. The zero-order valence-corrected chi connectivity index (χ0v) is 14.4. The van der Waals surface area contributed by atoms with Crippen molar-refractivity contribution >= 4 is 29.0 Å². The monoisotopic (exact) mass is 352 g/mol. The van der Waals surface area contributed by atoms with E-state index >= 15 is 0 Å². The van der Waals surface area contributed by atoms with Crippen molar-refractivity contribution in [1.29, 1.82) is 0 Å². The van der Waals surface area contributed by atoms with Gasteiger partial charge in [-0.3, -0.25) is 0 Å². The van der Waals surface area contributed by atoms with Gasteiger partial charge >= 0.3 is 6.03 Å². The summed E-state index contributed by atoms with van der Waals surface area (Å²) in [6.45, 7) is 2.70. The molecule has 5 nitrogen and oxygen atoms in total. The van der Waals surface area contributed by atoms with Crippen LogP contribution in [0.15, 0.2) is 30.3 Å². The van der Waals surface area contributed by atoms with Crippen LogP contribution in [-0.4, -0.2) is 24.8 Å². The number of carbonyl (C=O) groups is 1. The Morgan fingerprint density at radius 2 is 2.13 bits per heavy atom. The average molecular weight is 353 g/mol. The molecule has 0 saturated carbocycles. The standard InChI is InChI=1S/C16H17ClN2O3S/c1-10(11-3-5-13-14(7-11)22-9-21-13)18-16(20)19(2)8-12-4-6-15(17)23-12/h3-7,10H,8-9H2,1-2H3,(H,18,20). The van der Waals surface area contributed by atoms with Crippen LogP contribution >= 0.6 is 22.9 Å². The first-order chi connectivity index (χ1) is 11.0. The van der Waals surface area contributed by atoms with Crippen LogP contribution in [0.4, 0.5) is 4.79 Å². The fourth-order valence-corrected chi connectivity index (χ4v) is 3.44. The molecule has 0 saturated heterocycles. The molecular weight excluding hydrogens is 336 g/mol. The van der Waals surface area contributed by atoms with Gasteiger partial charge in [-0.05, 0) is 36.8 Å². The smallest absolute Gasteiger partial charge is 0.317 e. The summed E-state index contributed by atoms with van der Waals surface area (Å²) >= 11 is 7.39. The van der Waals surface area contributed by atoms with E-state index in [1.807, 2.05) is 37.3 Å². The Labute approximate surface area is 143 Å². The minimum atomic E-state index is -0.139. The maximum absolute atomic E-state index is 12.3. The Morgan fingerprint density at radius 1 is 1.35 bits per heavy atom. The molecule has 1 aliphatic rings. The number of amides is 2. The van der Waals surface area contributed by atoms with Gasteiger partial charge < -0.3 is 19.7 Å². The molecule has 2 aromatic rings. The van der Waals surface area contributed by atoms with Crippen LogP contribution in [0.3, 0.4) is 0 Å². The topological polar surface area (TPSA) is 50.8 Å². The lowest BCUT2D eigenvalue weighted by Crippen LogP contribution is -2.38. The van der Waals surface area contributed by atoms with Gasteiger partial charge in [-0.2, -0.15) is 0 Å². The molecule has 0 fully saturated rings. The third-order valence-corrected chi connectivity index (χ3v) is 4.82. The summed E-state index contributed by atoms with van der Waals surface area (Å²) in [5.74, 6) is 1.45. The van der Waals surface area contributed by atoms with Gasteiger partial charge in [-0.15, -0.1) is 11.3 Å². The Hall–Kier alpha value is -1.92. The third kappa shape index (κ3) is 3.71. The Kier molecular flexibility index (Phi) is 4.63. The van der Waals surface area contributed by atoms with E-state index in [0.29, 0.717) is 12.3 Å². The van der Waals surface area contributed by atoms with Crippen LogP contribution in [0.2, 0.25) is 4.34 Å². The van der Waals surface area contributed by atoms with Gasteiger partial charge in [0.2, 0.25) is 6.79 Å². The molecule has 2 amide bonds. The first kappa shape index (κ1) is 16.0. The minimum Gasteiger partial charge on any atom is -0.454 e. The second-order valence-corrected chi connectivity index (χ2v) is 7.15. The lowest BCUT2D eigenvalue weighted by atomic mass is 10.1. The van der Waals surface area contributed by atoms with E-state index in [-0.39, 0.29) is 18.9 Å². The van der Waals surface area contributed by atoms with Crippen molar-refractivity contribution in [3.8, 4) is 11.5 Å². The van der Waals surface area contributed by atoms with Crippen LogP contribution in [0.25, 0.3) is 0 Å². The molecule has 23 heavy (non-hydrogen) atoms. The van der Waals surface area contributed by atoms with Crippen LogP contribution in [-0.2, 0) is 6.54 Å². The highest BCUT2D eigenvalue weighted by molar-refractivity contribution is 7.16. The molecule has 2 heterocycles. The number of benzene rings is 1. The number of urea groups is 1. The van der Waals surface area contributed by atoms with Gasteiger partial charge in [0.05, 0.1) is 16.9 Å². The van der Waals surface area contributed by atoms with Crippen molar-refractivity contribution in [3.05, 3.63) is 45.1 Å². The number of nitrogens with zero attached hydrogens (tertiary/aromatic N) is 1. The predicted molar refractivity (Wildman–Crippen MR) is 90.3 cm³/mol. The van der Waals surface area contributed by atoms with Crippen molar-refractivity contribution in [1.82, 2.24) is 10.2 Å². The number of rotatable bonds is 4. The largest absolute Gasteiger partial charge is 0.454 e. The summed E-state index contributed by atoms with van der Waals surface area (Å²) in [4.78, 5) is 15.0. The minimum absolute atomic E-state index is 0.133. The molecule has 1 unspecified atom stereocenters. The summed E-state index contributed by atoms with van der Waals surface area (Å²) in [7, 11) is 1.76. The van der Waals surface area contributed by atoms with Crippen LogP contribution in [0, 0.1) is 0 Å². The fraction of sp³-hybridized carbons (Fsp3) is 0.312. The fourth-order valence-electron chi connectivity index (χ4n) is 2.30. The predicted octanol–water partition coefficient (Wildman–Crippen LogP) is 4.03. The van der Waals surface area contributed by atoms with Gasteiger partial charge in [-0.1, -0.05) is 17.7 Å². The maximum Gasteiger partial charge on any atom is 0.317 e. The Morgan fingerprint density at radius 3 is 2.87 bits per heavy atom. The van der Waals surface area contributed by atoms with Gasteiger partial charge in [0, 0.05) is 11.9 Å². The molecule has 7 heteroatoms. The lowest BCUT2D eigenvalue weighted by Gasteiger charge is -2.21. The van der Waals surface area contributed by atoms with Crippen molar-refractivity contribution in [2.24, 2.45) is 0 Å². The highest BCUT2D eigenvalue weighted by atomic mass is 35.5. The summed E-state index contributed by atoms with van der Waals surface area (Å²) in [6.07, 6.45) is 0. The molecule has 122 valence electrons. The number of hydrogen-bond acceptors (Lipinski definition) is 4. The van der Waals surface area contributed by atoms with E-state index in [9.17, 15) is 4.79 Å². The molecule has 1 aromatic carbocycles. The average Bonchev–Trinajstić information content (AvgIpc) is 3.14. The molecule has 1 N–H and O–H groups in total. The number of ether oxygens (including phenoxy) is 2. The zero-order chi connectivity index (χ0) is 16.4. The van der Waals surface area contributed by atoms with E-state index in [0.717, 1.165) is 20.5 Å². The molecule has 0 radical (unpaired) electrons. The third-order valence-electron chi connectivity index (χ3n) is 3.61. The highest BCUT2D eigenvalue weighted by Crippen LogP contribution is 2.34. The normalized spacial score (nSPS) is 13.7. The SMILES string of the molecule is CC(NC(=O)N(C)Cc1ccc(Cl)s1)c1ccc2c(c1)OCO2. The maximum atomic E-state index is 12.3. The highest BCUT2D eigenvalue weighted by Gasteiger charge is 2.18. The molecule has 3 rings (SSSR count). The first-order valence-electron chi connectivity index (χ1n) is 7.18. The van der Waals surface area contributed by atoms with E-state index in [2.05, 4.69) is 5.32 Å². The Balaban J connectivity index is 1.60. The van der Waals surface area contributed by atoms with Gasteiger partial charge in [0.25, 0.3) is 0 Å². The van der Waals surface area contributed by atoms with E-state index in [4.69, 9.17) is 21.1 Å². The molecule has 1 aliphatic heterocycles. The van der Waals surface area contributed by atoms with Crippen LogP contribution < -0.4 is 14.8 Å². The van der Waals surface area contributed by atoms with Crippen molar-refractivity contribution < 1.29 is 14.3 Å². The summed E-state index contributed by atoms with van der Waals surface area (Å²) in [5.41, 5.74) is 0.968. The molecule has 1 atom stereocenters. The van der Waals surface area contributed by atoms with Gasteiger partial charge in [0.15, 0.2) is 11.5 Å². The molecule has 0 aliphatic carbocycles.